The second kappa shape index (κ2) is 7.39. The number of alkyl halides is 1. The summed E-state index contributed by atoms with van der Waals surface area (Å²) in [6, 6.07) is 0. The lowest BCUT2D eigenvalue weighted by Gasteiger charge is -2.09. The Balaban J connectivity index is 3.98. The second-order valence-electron chi connectivity index (χ2n) is 3.01. The van der Waals surface area contributed by atoms with E-state index in [1.807, 2.05) is 29.5 Å². The standard InChI is InChI=1S/C8H16INO4S/c1-3-4-5-15(12,13)10-6-7(9)8(11)14-2/h7,10H,3-6H2,1-2H3. The fourth-order valence-corrected chi connectivity index (χ4v) is 2.82. The molecule has 90 valence electrons. The molecule has 0 saturated heterocycles. The molecule has 0 aromatic rings. The number of halogens is 1. The predicted octanol–water partition coefficient (Wildman–Crippen LogP) is 0.683. The van der Waals surface area contributed by atoms with Gasteiger partial charge in [0.25, 0.3) is 0 Å². The Kier molecular flexibility index (Phi) is 7.45. The van der Waals surface area contributed by atoms with Crippen LogP contribution in [0.4, 0.5) is 0 Å². The minimum Gasteiger partial charge on any atom is -0.468 e. The van der Waals surface area contributed by atoms with Gasteiger partial charge in [-0.05, 0) is 6.42 Å². The summed E-state index contributed by atoms with van der Waals surface area (Å²) in [5.74, 6) is -0.317. The summed E-state index contributed by atoms with van der Waals surface area (Å²) in [6.45, 7) is 2.00. The lowest BCUT2D eigenvalue weighted by atomic mass is 10.4. The van der Waals surface area contributed by atoms with E-state index in [-0.39, 0.29) is 12.3 Å². The quantitative estimate of drug-likeness (QED) is 0.417. The van der Waals surface area contributed by atoms with E-state index in [2.05, 4.69) is 9.46 Å². The number of methoxy groups -OCH3 is 1. The maximum Gasteiger partial charge on any atom is 0.319 e. The average Bonchev–Trinajstić information content (AvgIpc) is 2.22. The van der Waals surface area contributed by atoms with E-state index in [4.69, 9.17) is 0 Å². The van der Waals surface area contributed by atoms with Crippen LogP contribution in [0.5, 0.6) is 0 Å². The van der Waals surface area contributed by atoms with Crippen LogP contribution in [0.25, 0.3) is 0 Å². The van der Waals surface area contributed by atoms with Crippen LogP contribution < -0.4 is 4.72 Å². The molecule has 0 bridgehead atoms. The van der Waals surface area contributed by atoms with Gasteiger partial charge in [0.05, 0.1) is 12.9 Å². The topological polar surface area (TPSA) is 72.5 Å². The fourth-order valence-electron chi connectivity index (χ4n) is 0.818. The SMILES string of the molecule is CCCCS(=O)(=O)NCC(I)C(=O)OC. The van der Waals surface area contributed by atoms with Crippen molar-refractivity contribution in [2.24, 2.45) is 0 Å². The van der Waals surface area contributed by atoms with Gasteiger partial charge >= 0.3 is 5.97 Å². The number of rotatable bonds is 7. The molecule has 1 atom stereocenters. The average molecular weight is 349 g/mol. The van der Waals surface area contributed by atoms with Gasteiger partial charge in [0, 0.05) is 6.54 Å². The van der Waals surface area contributed by atoms with Gasteiger partial charge in [-0.3, -0.25) is 4.79 Å². The molecule has 0 radical (unpaired) electrons. The van der Waals surface area contributed by atoms with Crippen LogP contribution in [0.3, 0.4) is 0 Å². The van der Waals surface area contributed by atoms with Crippen LogP contribution in [0.15, 0.2) is 0 Å². The zero-order chi connectivity index (χ0) is 11.9. The van der Waals surface area contributed by atoms with E-state index in [9.17, 15) is 13.2 Å². The molecule has 0 spiro atoms. The third kappa shape index (κ3) is 7.07. The summed E-state index contributed by atoms with van der Waals surface area (Å²) in [6.07, 6.45) is 1.45. The van der Waals surface area contributed by atoms with E-state index in [0.717, 1.165) is 6.42 Å². The molecule has 0 aromatic heterocycles. The number of ether oxygens (including phenoxy) is 1. The van der Waals surface area contributed by atoms with Crippen molar-refractivity contribution in [1.29, 1.82) is 0 Å². The van der Waals surface area contributed by atoms with Gasteiger partial charge in [0.2, 0.25) is 10.0 Å². The van der Waals surface area contributed by atoms with E-state index in [1.165, 1.54) is 7.11 Å². The van der Waals surface area contributed by atoms with Gasteiger partial charge in [-0.15, -0.1) is 0 Å². The van der Waals surface area contributed by atoms with Crippen molar-refractivity contribution in [2.75, 3.05) is 19.4 Å². The maximum absolute atomic E-state index is 11.3. The van der Waals surface area contributed by atoms with E-state index in [0.29, 0.717) is 6.42 Å². The van der Waals surface area contributed by atoms with E-state index >= 15 is 0 Å². The highest BCUT2D eigenvalue weighted by Gasteiger charge is 2.18. The molecule has 1 unspecified atom stereocenters. The number of carbonyl (C=O) groups excluding carboxylic acids is 1. The molecule has 1 N–H and O–H groups in total. The molecule has 0 aliphatic heterocycles. The minimum absolute atomic E-state index is 0.0826. The smallest absolute Gasteiger partial charge is 0.319 e. The van der Waals surface area contributed by atoms with E-state index < -0.39 is 19.9 Å². The van der Waals surface area contributed by atoms with Crippen LogP contribution in [0.2, 0.25) is 0 Å². The molecule has 0 saturated carbocycles. The Morgan fingerprint density at radius 1 is 1.53 bits per heavy atom. The number of esters is 1. The fraction of sp³-hybridized carbons (Fsp3) is 0.875. The Morgan fingerprint density at radius 3 is 2.60 bits per heavy atom. The molecular weight excluding hydrogens is 333 g/mol. The molecule has 15 heavy (non-hydrogen) atoms. The van der Waals surface area contributed by atoms with Gasteiger partial charge in [0.1, 0.15) is 3.92 Å². The second-order valence-corrected chi connectivity index (χ2v) is 6.44. The van der Waals surface area contributed by atoms with Crippen LogP contribution in [0, 0.1) is 0 Å². The van der Waals surface area contributed by atoms with Crippen molar-refractivity contribution >= 4 is 38.6 Å². The predicted molar refractivity (Wildman–Crippen MR) is 66.5 cm³/mol. The summed E-state index contributed by atoms with van der Waals surface area (Å²) >= 11 is 1.84. The lowest BCUT2D eigenvalue weighted by molar-refractivity contribution is -0.139. The molecular formula is C8H16INO4S. The minimum atomic E-state index is -3.24. The molecule has 0 rings (SSSR count). The summed E-state index contributed by atoms with van der Waals surface area (Å²) in [7, 11) is -1.97. The third-order valence-corrected chi connectivity index (χ3v) is 4.09. The highest BCUT2D eigenvalue weighted by atomic mass is 127. The zero-order valence-corrected chi connectivity index (χ0v) is 11.8. The van der Waals surface area contributed by atoms with Crippen molar-refractivity contribution in [3.05, 3.63) is 0 Å². The molecule has 0 heterocycles. The first-order valence-electron chi connectivity index (χ1n) is 4.62. The monoisotopic (exact) mass is 349 g/mol. The first-order valence-corrected chi connectivity index (χ1v) is 7.52. The summed E-state index contributed by atoms with van der Waals surface area (Å²) < 4.78 is 29.0. The van der Waals surface area contributed by atoms with Gasteiger partial charge in [0.15, 0.2) is 0 Å². The maximum atomic E-state index is 11.3. The third-order valence-electron chi connectivity index (χ3n) is 1.71. The van der Waals surface area contributed by atoms with Crippen molar-refractivity contribution in [3.8, 4) is 0 Å². The van der Waals surface area contributed by atoms with E-state index in [1.54, 1.807) is 0 Å². The largest absolute Gasteiger partial charge is 0.468 e. The number of nitrogens with one attached hydrogen (secondary N) is 1. The number of carbonyl (C=O) groups is 1. The number of sulfonamides is 1. The molecule has 0 aliphatic carbocycles. The normalized spacial score (nSPS) is 13.5. The summed E-state index contributed by atoms with van der Waals surface area (Å²) in [5.41, 5.74) is 0. The lowest BCUT2D eigenvalue weighted by Crippen LogP contribution is -2.35. The zero-order valence-electron chi connectivity index (χ0n) is 8.82. The first-order chi connectivity index (χ1) is 6.93. The Labute approximate surface area is 104 Å². The van der Waals surface area contributed by atoms with Gasteiger partial charge < -0.3 is 4.74 Å². The van der Waals surface area contributed by atoms with Crippen molar-refractivity contribution in [3.63, 3.8) is 0 Å². The van der Waals surface area contributed by atoms with Crippen molar-refractivity contribution in [1.82, 2.24) is 4.72 Å². The Hall–Kier alpha value is 0.110. The number of unbranched alkanes of at least 4 members (excludes halogenated alkanes) is 1. The van der Waals surface area contributed by atoms with Crippen molar-refractivity contribution < 1.29 is 17.9 Å². The van der Waals surface area contributed by atoms with Crippen LogP contribution in [-0.2, 0) is 19.6 Å². The molecule has 7 heteroatoms. The molecule has 0 aromatic carbocycles. The first kappa shape index (κ1) is 15.1. The van der Waals surface area contributed by atoms with Crippen LogP contribution >= 0.6 is 22.6 Å². The molecule has 0 amide bonds. The Bertz CT molecular complexity index is 291. The van der Waals surface area contributed by atoms with Gasteiger partial charge in [-0.25, -0.2) is 13.1 Å². The number of hydrogen-bond donors (Lipinski definition) is 1. The summed E-state index contributed by atoms with van der Waals surface area (Å²) in [5, 5.41) is 0. The van der Waals surface area contributed by atoms with Gasteiger partial charge in [-0.1, -0.05) is 35.9 Å². The number of hydrogen-bond acceptors (Lipinski definition) is 4. The molecule has 0 aliphatic rings. The summed E-state index contributed by atoms with van der Waals surface area (Å²) in [4.78, 5) is 11.0. The highest BCUT2D eigenvalue weighted by molar-refractivity contribution is 14.1. The molecule has 0 fully saturated rings. The molecule has 5 nitrogen and oxygen atoms in total. The van der Waals surface area contributed by atoms with Crippen LogP contribution in [0.1, 0.15) is 19.8 Å². The highest BCUT2D eigenvalue weighted by Crippen LogP contribution is 2.02. The van der Waals surface area contributed by atoms with Crippen molar-refractivity contribution in [2.45, 2.75) is 23.7 Å². The Morgan fingerprint density at radius 2 is 2.13 bits per heavy atom. The van der Waals surface area contributed by atoms with Gasteiger partial charge in [-0.2, -0.15) is 0 Å². The van der Waals surface area contributed by atoms with Crippen LogP contribution in [-0.4, -0.2) is 37.7 Å².